The van der Waals surface area contributed by atoms with Crippen LogP contribution in [0.3, 0.4) is 0 Å². The number of rotatable bonds is 10. The van der Waals surface area contributed by atoms with Gasteiger partial charge in [0.1, 0.15) is 18.3 Å². The first kappa shape index (κ1) is 31.0. The molecule has 0 aliphatic heterocycles. The molecule has 8 nitrogen and oxygen atoms in total. The molecule has 1 N–H and O–H groups in total. The number of aryl methyl sites for hydroxylation is 1. The van der Waals surface area contributed by atoms with Gasteiger partial charge in [-0.05, 0) is 70.5 Å². The van der Waals surface area contributed by atoms with Crippen molar-refractivity contribution in [3.8, 4) is 5.75 Å². The van der Waals surface area contributed by atoms with Gasteiger partial charge >= 0.3 is 0 Å². The van der Waals surface area contributed by atoms with Gasteiger partial charge in [-0.1, -0.05) is 59.6 Å². The molecular weight excluding hydrogens is 550 g/mol. The van der Waals surface area contributed by atoms with Crippen LogP contribution in [0.4, 0.5) is 5.69 Å². The second kappa shape index (κ2) is 12.7. The number of carbonyl (C=O) groups is 2. The molecule has 0 bridgehead atoms. The first-order valence-corrected chi connectivity index (χ1v) is 14.6. The lowest BCUT2D eigenvalue weighted by atomic mass is 10.1. The summed E-state index contributed by atoms with van der Waals surface area (Å²) in [5.41, 5.74) is 1.26. The zero-order valence-electron chi connectivity index (χ0n) is 23.6. The standard InChI is InChI=1S/C30H36ClN3O5S/c1-21-12-15-25(16-13-21)40(37,38)34(26-18-24(31)14-17-27(26)39-6)20-28(35)33(19-23-10-8-7-9-11-23)22(2)29(36)32-30(3,4)5/h7-18,22H,19-20H2,1-6H3,(H,32,36). The molecule has 0 aliphatic carbocycles. The fourth-order valence-electron chi connectivity index (χ4n) is 4.05. The molecule has 40 heavy (non-hydrogen) atoms. The van der Waals surface area contributed by atoms with Crippen molar-refractivity contribution in [3.63, 3.8) is 0 Å². The van der Waals surface area contributed by atoms with E-state index in [0.717, 1.165) is 15.4 Å². The number of sulfonamides is 1. The number of carbonyl (C=O) groups excluding carboxylic acids is 2. The summed E-state index contributed by atoms with van der Waals surface area (Å²) in [6.45, 7) is 8.53. The lowest BCUT2D eigenvalue weighted by Crippen LogP contribution is -2.54. The molecule has 3 aromatic rings. The summed E-state index contributed by atoms with van der Waals surface area (Å²) in [5.74, 6) is -0.704. The Balaban J connectivity index is 2.10. The molecule has 0 heterocycles. The summed E-state index contributed by atoms with van der Waals surface area (Å²) in [6.07, 6.45) is 0. The van der Waals surface area contributed by atoms with E-state index in [4.69, 9.17) is 16.3 Å². The number of nitrogens with zero attached hydrogens (tertiary/aromatic N) is 2. The van der Waals surface area contributed by atoms with Crippen LogP contribution >= 0.6 is 11.6 Å². The number of halogens is 1. The van der Waals surface area contributed by atoms with E-state index in [1.54, 1.807) is 31.2 Å². The average Bonchev–Trinajstić information content (AvgIpc) is 2.89. The van der Waals surface area contributed by atoms with Crippen molar-refractivity contribution < 1.29 is 22.7 Å². The van der Waals surface area contributed by atoms with Gasteiger partial charge in [0, 0.05) is 17.1 Å². The molecule has 0 saturated carbocycles. The highest BCUT2D eigenvalue weighted by Crippen LogP contribution is 2.35. The van der Waals surface area contributed by atoms with Crippen molar-refractivity contribution in [2.24, 2.45) is 0 Å². The van der Waals surface area contributed by atoms with E-state index < -0.39 is 34.1 Å². The van der Waals surface area contributed by atoms with Crippen LogP contribution in [0.15, 0.2) is 77.7 Å². The van der Waals surface area contributed by atoms with Crippen LogP contribution in [0.25, 0.3) is 0 Å². The molecule has 214 valence electrons. The maximum absolute atomic E-state index is 14.0. The van der Waals surface area contributed by atoms with Gasteiger partial charge in [0.15, 0.2) is 0 Å². The molecule has 0 spiro atoms. The van der Waals surface area contributed by atoms with E-state index in [1.165, 1.54) is 30.2 Å². The summed E-state index contributed by atoms with van der Waals surface area (Å²) in [5, 5.41) is 3.18. The van der Waals surface area contributed by atoms with Crippen molar-refractivity contribution in [1.29, 1.82) is 0 Å². The van der Waals surface area contributed by atoms with Crippen LogP contribution in [0, 0.1) is 6.92 Å². The predicted molar refractivity (Wildman–Crippen MR) is 158 cm³/mol. The van der Waals surface area contributed by atoms with Crippen molar-refractivity contribution >= 4 is 39.1 Å². The number of hydrogen-bond acceptors (Lipinski definition) is 5. The van der Waals surface area contributed by atoms with E-state index >= 15 is 0 Å². The summed E-state index contributed by atoms with van der Waals surface area (Å²) in [7, 11) is -2.84. The van der Waals surface area contributed by atoms with Gasteiger partial charge < -0.3 is 15.0 Å². The van der Waals surface area contributed by atoms with Gasteiger partial charge in [-0.3, -0.25) is 13.9 Å². The minimum Gasteiger partial charge on any atom is -0.495 e. The van der Waals surface area contributed by atoms with E-state index in [1.807, 2.05) is 58.0 Å². The average molecular weight is 586 g/mol. The second-order valence-electron chi connectivity index (χ2n) is 10.6. The van der Waals surface area contributed by atoms with Gasteiger partial charge in [0.25, 0.3) is 10.0 Å². The topological polar surface area (TPSA) is 96.0 Å². The van der Waals surface area contributed by atoms with Crippen molar-refractivity contribution in [3.05, 3.63) is 88.9 Å². The van der Waals surface area contributed by atoms with Gasteiger partial charge in [-0.2, -0.15) is 0 Å². The Morgan fingerprint density at radius 2 is 1.62 bits per heavy atom. The third-order valence-corrected chi connectivity index (χ3v) is 8.17. The Kier molecular flexibility index (Phi) is 9.87. The van der Waals surface area contributed by atoms with Crippen LogP contribution in [-0.2, 0) is 26.2 Å². The van der Waals surface area contributed by atoms with Gasteiger partial charge in [-0.25, -0.2) is 8.42 Å². The largest absolute Gasteiger partial charge is 0.495 e. The summed E-state index contributed by atoms with van der Waals surface area (Å²) < 4.78 is 34.5. The quantitative estimate of drug-likeness (QED) is 0.353. The predicted octanol–water partition coefficient (Wildman–Crippen LogP) is 5.18. The Morgan fingerprint density at radius 1 is 1.00 bits per heavy atom. The lowest BCUT2D eigenvalue weighted by Gasteiger charge is -2.33. The molecule has 0 saturated heterocycles. The van der Waals surface area contributed by atoms with E-state index in [2.05, 4.69) is 5.32 Å². The molecule has 0 aromatic heterocycles. The van der Waals surface area contributed by atoms with Crippen molar-refractivity contribution in [1.82, 2.24) is 10.2 Å². The molecule has 0 fully saturated rings. The molecule has 3 aromatic carbocycles. The Bertz CT molecular complexity index is 1440. The monoisotopic (exact) mass is 585 g/mol. The Hall–Kier alpha value is -3.56. The zero-order valence-corrected chi connectivity index (χ0v) is 25.2. The third kappa shape index (κ3) is 7.76. The SMILES string of the molecule is COc1ccc(Cl)cc1N(CC(=O)N(Cc1ccccc1)C(C)C(=O)NC(C)(C)C)S(=O)(=O)c1ccc(C)cc1. The van der Waals surface area contributed by atoms with Crippen LogP contribution in [-0.4, -0.2) is 50.4 Å². The molecule has 3 rings (SSSR count). The zero-order chi connectivity index (χ0) is 29.7. The van der Waals surface area contributed by atoms with Crippen LogP contribution in [0.1, 0.15) is 38.8 Å². The third-order valence-electron chi connectivity index (χ3n) is 6.16. The van der Waals surface area contributed by atoms with Crippen LogP contribution in [0.2, 0.25) is 5.02 Å². The highest BCUT2D eigenvalue weighted by atomic mass is 35.5. The molecule has 0 aliphatic rings. The maximum atomic E-state index is 14.0. The molecule has 0 radical (unpaired) electrons. The van der Waals surface area contributed by atoms with E-state index in [9.17, 15) is 18.0 Å². The molecule has 1 atom stereocenters. The highest BCUT2D eigenvalue weighted by Gasteiger charge is 2.34. The normalized spacial score (nSPS) is 12.4. The molecule has 1 unspecified atom stereocenters. The number of ether oxygens (including phenoxy) is 1. The fourth-order valence-corrected chi connectivity index (χ4v) is 5.63. The molecule has 10 heteroatoms. The Labute approximate surface area is 241 Å². The first-order chi connectivity index (χ1) is 18.7. The number of methoxy groups -OCH3 is 1. The number of amides is 2. The Morgan fingerprint density at radius 3 is 2.20 bits per heavy atom. The number of benzene rings is 3. The van der Waals surface area contributed by atoms with Gasteiger partial charge in [0.2, 0.25) is 11.8 Å². The molecule has 2 amide bonds. The van der Waals surface area contributed by atoms with Crippen LogP contribution in [0.5, 0.6) is 5.75 Å². The smallest absolute Gasteiger partial charge is 0.264 e. The maximum Gasteiger partial charge on any atom is 0.264 e. The first-order valence-electron chi connectivity index (χ1n) is 12.8. The van der Waals surface area contributed by atoms with E-state index in [-0.39, 0.29) is 33.8 Å². The lowest BCUT2D eigenvalue weighted by molar-refractivity contribution is -0.140. The van der Waals surface area contributed by atoms with Gasteiger partial charge in [-0.15, -0.1) is 0 Å². The van der Waals surface area contributed by atoms with Crippen molar-refractivity contribution in [2.75, 3.05) is 18.0 Å². The minimum atomic E-state index is -4.25. The number of nitrogens with one attached hydrogen (secondary N) is 1. The number of anilines is 1. The molecular formula is C30H36ClN3O5S. The van der Waals surface area contributed by atoms with Gasteiger partial charge in [0.05, 0.1) is 17.7 Å². The second-order valence-corrected chi connectivity index (χ2v) is 12.9. The van der Waals surface area contributed by atoms with Crippen molar-refractivity contribution in [2.45, 2.75) is 57.6 Å². The number of hydrogen-bond donors (Lipinski definition) is 1. The summed E-state index contributed by atoms with van der Waals surface area (Å²) in [6, 6.07) is 19.2. The van der Waals surface area contributed by atoms with Crippen LogP contribution < -0.4 is 14.4 Å². The fraction of sp³-hybridized carbons (Fsp3) is 0.333. The summed E-state index contributed by atoms with van der Waals surface area (Å²) in [4.78, 5) is 28.6. The minimum absolute atomic E-state index is 0.000983. The highest BCUT2D eigenvalue weighted by molar-refractivity contribution is 7.92. The van der Waals surface area contributed by atoms with E-state index in [0.29, 0.717) is 0 Å². The summed E-state index contributed by atoms with van der Waals surface area (Å²) >= 11 is 6.27.